The quantitative estimate of drug-likeness (QED) is 0.688. The first-order valence-electron chi connectivity index (χ1n) is 8.40. The summed E-state index contributed by atoms with van der Waals surface area (Å²) in [5, 5.41) is 6.73. The maximum absolute atomic E-state index is 12.6. The van der Waals surface area contributed by atoms with E-state index in [0.29, 0.717) is 22.0 Å². The normalized spacial score (nSPS) is 10.7. The van der Waals surface area contributed by atoms with E-state index >= 15 is 0 Å². The van der Waals surface area contributed by atoms with Gasteiger partial charge in [-0.3, -0.25) is 9.78 Å². The first-order chi connectivity index (χ1) is 12.4. The summed E-state index contributed by atoms with van der Waals surface area (Å²) in [6, 6.07) is 5.26. The van der Waals surface area contributed by atoms with E-state index in [4.69, 9.17) is 16.3 Å². The van der Waals surface area contributed by atoms with E-state index in [1.165, 1.54) is 13.3 Å². The number of aryl methyl sites for hydroxylation is 1. The molecule has 6 nitrogen and oxygen atoms in total. The number of hydrogen-bond acceptors (Lipinski definition) is 5. The van der Waals surface area contributed by atoms with E-state index in [9.17, 15) is 4.79 Å². The molecule has 0 bridgehead atoms. The largest absolute Gasteiger partial charge is 0.495 e. The monoisotopic (exact) mass is 376 g/mol. The lowest BCUT2D eigenvalue weighted by Gasteiger charge is -2.13. The zero-order valence-electron chi connectivity index (χ0n) is 15.6. The van der Waals surface area contributed by atoms with Crippen molar-refractivity contribution >= 4 is 28.9 Å². The van der Waals surface area contributed by atoms with Crippen molar-refractivity contribution in [1.82, 2.24) is 9.88 Å². The van der Waals surface area contributed by atoms with Crippen LogP contribution in [0.5, 0.6) is 5.75 Å². The van der Waals surface area contributed by atoms with Gasteiger partial charge in [-0.15, -0.1) is 0 Å². The van der Waals surface area contributed by atoms with Crippen LogP contribution in [0.2, 0.25) is 5.02 Å². The van der Waals surface area contributed by atoms with Crippen LogP contribution in [0, 0.1) is 6.92 Å². The second-order valence-corrected chi connectivity index (χ2v) is 6.71. The lowest BCUT2D eigenvalue weighted by atomic mass is 10.2. The van der Waals surface area contributed by atoms with E-state index in [-0.39, 0.29) is 5.91 Å². The number of hydrogen-bond donors (Lipinski definition) is 2. The standard InChI is InChI=1S/C19H25ClN4O2/c1-13-8-17(18(26-4)10-16(13)20)23-19(25)14-9-15(12-21-11-14)22-6-5-7-24(2)3/h8-12,22H,5-7H2,1-4H3,(H,23,25). The summed E-state index contributed by atoms with van der Waals surface area (Å²) >= 11 is 6.10. The Bertz CT molecular complexity index is 765. The number of aromatic nitrogens is 1. The predicted octanol–water partition coefficient (Wildman–Crippen LogP) is 3.67. The summed E-state index contributed by atoms with van der Waals surface area (Å²) in [5.74, 6) is 0.259. The van der Waals surface area contributed by atoms with Gasteiger partial charge in [0, 0.05) is 30.0 Å². The number of halogens is 1. The van der Waals surface area contributed by atoms with Gasteiger partial charge in [0.2, 0.25) is 0 Å². The van der Waals surface area contributed by atoms with Gasteiger partial charge in [-0.1, -0.05) is 11.6 Å². The van der Waals surface area contributed by atoms with E-state index in [1.807, 2.05) is 21.0 Å². The van der Waals surface area contributed by atoms with Gasteiger partial charge in [-0.25, -0.2) is 0 Å². The first kappa shape index (κ1) is 20.0. The van der Waals surface area contributed by atoms with Crippen LogP contribution < -0.4 is 15.4 Å². The number of amides is 1. The SMILES string of the molecule is COc1cc(Cl)c(C)cc1NC(=O)c1cncc(NCCCN(C)C)c1. The Labute approximate surface area is 159 Å². The molecule has 0 saturated heterocycles. The Kier molecular flexibility index (Phi) is 7.24. The van der Waals surface area contributed by atoms with E-state index in [1.54, 1.807) is 24.4 Å². The molecular formula is C19H25ClN4O2. The zero-order chi connectivity index (χ0) is 19.1. The number of carbonyl (C=O) groups is 1. The zero-order valence-corrected chi connectivity index (χ0v) is 16.4. The number of benzene rings is 1. The number of methoxy groups -OCH3 is 1. The van der Waals surface area contributed by atoms with Crippen LogP contribution in [0.25, 0.3) is 0 Å². The third-order valence-electron chi connectivity index (χ3n) is 3.84. The molecule has 0 atom stereocenters. The molecule has 1 heterocycles. The summed E-state index contributed by atoms with van der Waals surface area (Å²) in [6.45, 7) is 3.68. The minimum absolute atomic E-state index is 0.255. The van der Waals surface area contributed by atoms with Crippen molar-refractivity contribution in [3.63, 3.8) is 0 Å². The minimum atomic E-state index is -0.255. The van der Waals surface area contributed by atoms with Crippen molar-refractivity contribution in [2.75, 3.05) is 44.9 Å². The molecule has 0 radical (unpaired) electrons. The average molecular weight is 377 g/mol. The molecule has 0 unspecified atom stereocenters. The summed E-state index contributed by atoms with van der Waals surface area (Å²) < 4.78 is 5.30. The van der Waals surface area contributed by atoms with Crippen LogP contribution in [0.1, 0.15) is 22.3 Å². The highest BCUT2D eigenvalue weighted by Gasteiger charge is 2.13. The first-order valence-corrected chi connectivity index (χ1v) is 8.77. The van der Waals surface area contributed by atoms with Crippen LogP contribution in [0.3, 0.4) is 0 Å². The van der Waals surface area contributed by atoms with Gasteiger partial charge in [0.15, 0.2) is 0 Å². The molecule has 1 amide bonds. The van der Waals surface area contributed by atoms with Crippen LogP contribution in [-0.2, 0) is 0 Å². The number of nitrogens with zero attached hydrogens (tertiary/aromatic N) is 2. The molecule has 2 aromatic rings. The number of rotatable bonds is 8. The third-order valence-corrected chi connectivity index (χ3v) is 4.25. The number of ether oxygens (including phenoxy) is 1. The average Bonchev–Trinajstić information content (AvgIpc) is 2.61. The van der Waals surface area contributed by atoms with Crippen LogP contribution >= 0.6 is 11.6 Å². The summed E-state index contributed by atoms with van der Waals surface area (Å²) in [5.41, 5.74) is 2.72. The van der Waals surface area contributed by atoms with Gasteiger partial charge in [0.1, 0.15) is 5.75 Å². The maximum Gasteiger partial charge on any atom is 0.257 e. The number of nitrogens with one attached hydrogen (secondary N) is 2. The Morgan fingerprint density at radius 2 is 2.04 bits per heavy atom. The smallest absolute Gasteiger partial charge is 0.257 e. The second-order valence-electron chi connectivity index (χ2n) is 6.30. The molecule has 2 rings (SSSR count). The third kappa shape index (κ3) is 5.61. The van der Waals surface area contributed by atoms with Crippen molar-refractivity contribution in [2.45, 2.75) is 13.3 Å². The molecule has 0 spiro atoms. The van der Waals surface area contributed by atoms with Gasteiger partial charge in [-0.2, -0.15) is 0 Å². The maximum atomic E-state index is 12.6. The molecule has 140 valence electrons. The molecule has 2 N–H and O–H groups in total. The topological polar surface area (TPSA) is 66.5 Å². The van der Waals surface area contributed by atoms with Crippen LogP contribution in [0.4, 0.5) is 11.4 Å². The summed E-state index contributed by atoms with van der Waals surface area (Å²) in [6.07, 6.45) is 4.25. The Balaban J connectivity index is 2.06. The number of pyridine rings is 1. The van der Waals surface area contributed by atoms with Crippen LogP contribution in [-0.4, -0.2) is 50.1 Å². The Morgan fingerprint density at radius 1 is 1.27 bits per heavy atom. The van der Waals surface area contributed by atoms with E-state index in [2.05, 4.69) is 20.5 Å². The lowest BCUT2D eigenvalue weighted by molar-refractivity contribution is 0.102. The molecule has 1 aromatic carbocycles. The summed E-state index contributed by atoms with van der Waals surface area (Å²) in [7, 11) is 5.62. The fourth-order valence-electron chi connectivity index (χ4n) is 2.41. The minimum Gasteiger partial charge on any atom is -0.495 e. The van der Waals surface area contributed by atoms with Gasteiger partial charge in [0.05, 0.1) is 24.0 Å². The van der Waals surface area contributed by atoms with E-state index in [0.717, 1.165) is 30.8 Å². The molecule has 0 aliphatic heterocycles. The predicted molar refractivity (Wildman–Crippen MR) is 107 cm³/mol. The highest BCUT2D eigenvalue weighted by atomic mass is 35.5. The van der Waals surface area contributed by atoms with Crippen molar-refractivity contribution in [1.29, 1.82) is 0 Å². The number of carbonyl (C=O) groups excluding carboxylic acids is 1. The molecule has 26 heavy (non-hydrogen) atoms. The van der Waals surface area contributed by atoms with Crippen LogP contribution in [0.15, 0.2) is 30.6 Å². The highest BCUT2D eigenvalue weighted by molar-refractivity contribution is 6.31. The van der Waals surface area contributed by atoms with Gasteiger partial charge >= 0.3 is 0 Å². The lowest BCUT2D eigenvalue weighted by Crippen LogP contribution is -2.17. The van der Waals surface area contributed by atoms with Crippen molar-refractivity contribution in [3.8, 4) is 5.75 Å². The fraction of sp³-hybridized carbons (Fsp3) is 0.368. The van der Waals surface area contributed by atoms with Crippen molar-refractivity contribution in [3.05, 3.63) is 46.7 Å². The Hall–Kier alpha value is -2.31. The van der Waals surface area contributed by atoms with E-state index < -0.39 is 0 Å². The van der Waals surface area contributed by atoms with Gasteiger partial charge in [-0.05, 0) is 51.7 Å². The van der Waals surface area contributed by atoms with Crippen molar-refractivity contribution in [2.24, 2.45) is 0 Å². The Morgan fingerprint density at radius 3 is 2.73 bits per heavy atom. The highest BCUT2D eigenvalue weighted by Crippen LogP contribution is 2.31. The molecule has 7 heteroatoms. The molecule has 0 aliphatic carbocycles. The molecule has 0 saturated carbocycles. The van der Waals surface area contributed by atoms with Gasteiger partial charge < -0.3 is 20.3 Å². The molecule has 1 aromatic heterocycles. The molecule has 0 fully saturated rings. The fourth-order valence-corrected chi connectivity index (χ4v) is 2.57. The molecular weight excluding hydrogens is 352 g/mol. The summed E-state index contributed by atoms with van der Waals surface area (Å²) in [4.78, 5) is 18.9. The number of anilines is 2. The second kappa shape index (κ2) is 9.40. The van der Waals surface area contributed by atoms with Gasteiger partial charge in [0.25, 0.3) is 5.91 Å². The van der Waals surface area contributed by atoms with Crippen molar-refractivity contribution < 1.29 is 9.53 Å². The molecule has 0 aliphatic rings.